The molecule has 0 saturated carbocycles. The van der Waals surface area contributed by atoms with Crippen LogP contribution < -0.4 is 11.1 Å². The topological polar surface area (TPSA) is 133 Å². The molecule has 31 heavy (non-hydrogen) atoms. The number of hydrogen-bond acceptors (Lipinski definition) is 6. The zero-order valence-electron chi connectivity index (χ0n) is 17.6. The van der Waals surface area contributed by atoms with Crippen LogP contribution in [0.1, 0.15) is 62.3 Å². The van der Waals surface area contributed by atoms with E-state index in [1.165, 1.54) is 11.3 Å². The molecule has 0 aliphatic rings. The zero-order valence-corrected chi connectivity index (χ0v) is 18.4. The molecular formula is C21H23N5O4S. The normalized spacial score (nSPS) is 11.0. The SMILES string of the molecule is Cc1nn(Cc2cccc(C(=O)Nc3sc(C(C)C)cc3C(N)=O)c2)c(C)c1[N+](=O)[O-]. The van der Waals surface area contributed by atoms with E-state index < -0.39 is 10.8 Å². The Balaban J connectivity index is 1.84. The van der Waals surface area contributed by atoms with Crippen molar-refractivity contribution in [1.82, 2.24) is 9.78 Å². The monoisotopic (exact) mass is 441 g/mol. The van der Waals surface area contributed by atoms with Gasteiger partial charge in [-0.05, 0) is 43.5 Å². The minimum Gasteiger partial charge on any atom is -0.366 e. The summed E-state index contributed by atoms with van der Waals surface area (Å²) in [6.07, 6.45) is 0. The summed E-state index contributed by atoms with van der Waals surface area (Å²) in [6.45, 7) is 7.51. The van der Waals surface area contributed by atoms with Crippen molar-refractivity contribution in [2.45, 2.75) is 40.2 Å². The molecule has 2 heterocycles. The van der Waals surface area contributed by atoms with Gasteiger partial charge in [0.1, 0.15) is 16.4 Å². The van der Waals surface area contributed by atoms with Gasteiger partial charge in [-0.15, -0.1) is 11.3 Å². The van der Waals surface area contributed by atoms with Crippen LogP contribution in [0.25, 0.3) is 0 Å². The number of anilines is 1. The van der Waals surface area contributed by atoms with Crippen LogP contribution in [0.3, 0.4) is 0 Å². The van der Waals surface area contributed by atoms with Crippen LogP contribution in [-0.2, 0) is 6.54 Å². The largest absolute Gasteiger partial charge is 0.366 e. The molecule has 3 rings (SSSR count). The summed E-state index contributed by atoms with van der Waals surface area (Å²) in [4.78, 5) is 36.3. The van der Waals surface area contributed by atoms with E-state index in [-0.39, 0.29) is 29.6 Å². The Bertz CT molecular complexity index is 1180. The molecule has 0 aliphatic heterocycles. The number of carbonyl (C=O) groups is 2. The van der Waals surface area contributed by atoms with Crippen LogP contribution in [-0.4, -0.2) is 26.5 Å². The summed E-state index contributed by atoms with van der Waals surface area (Å²) in [7, 11) is 0. The molecule has 3 aromatic rings. The number of aryl methyl sites for hydroxylation is 1. The van der Waals surface area contributed by atoms with Gasteiger partial charge in [0.2, 0.25) is 0 Å². The van der Waals surface area contributed by atoms with Crippen molar-refractivity contribution in [2.24, 2.45) is 5.73 Å². The number of nitrogens with two attached hydrogens (primary N) is 1. The minimum atomic E-state index is -0.599. The van der Waals surface area contributed by atoms with Crippen molar-refractivity contribution >= 4 is 33.8 Å². The highest BCUT2D eigenvalue weighted by Crippen LogP contribution is 2.33. The molecular weight excluding hydrogens is 418 g/mol. The van der Waals surface area contributed by atoms with Gasteiger partial charge in [-0.25, -0.2) is 0 Å². The van der Waals surface area contributed by atoms with Crippen molar-refractivity contribution in [1.29, 1.82) is 0 Å². The van der Waals surface area contributed by atoms with Gasteiger partial charge in [0.15, 0.2) is 0 Å². The standard InChI is InChI=1S/C21H23N5O4S/c1-11(2)17-9-16(19(22)27)21(31-17)23-20(28)15-7-5-6-14(8-15)10-25-13(4)18(26(29)30)12(3)24-25/h5-9,11H,10H2,1-4H3,(H2,22,27)(H,23,28). The van der Waals surface area contributed by atoms with Gasteiger partial charge in [0.05, 0.1) is 17.0 Å². The molecule has 3 N–H and O–H groups in total. The van der Waals surface area contributed by atoms with E-state index in [2.05, 4.69) is 10.4 Å². The van der Waals surface area contributed by atoms with Crippen LogP contribution in [0, 0.1) is 24.0 Å². The fourth-order valence-corrected chi connectivity index (χ4v) is 4.30. The quantitative estimate of drug-likeness (QED) is 0.422. The van der Waals surface area contributed by atoms with Crippen molar-refractivity contribution in [2.75, 3.05) is 5.32 Å². The fraction of sp³-hybridized carbons (Fsp3) is 0.286. The molecule has 0 spiro atoms. The lowest BCUT2D eigenvalue weighted by Gasteiger charge is -2.08. The highest BCUT2D eigenvalue weighted by Gasteiger charge is 2.22. The highest BCUT2D eigenvalue weighted by molar-refractivity contribution is 7.16. The number of hydrogen-bond donors (Lipinski definition) is 2. The van der Waals surface area contributed by atoms with Crippen LogP contribution in [0.4, 0.5) is 10.7 Å². The van der Waals surface area contributed by atoms with Crippen molar-refractivity contribution < 1.29 is 14.5 Å². The second-order valence-corrected chi connectivity index (χ2v) is 8.58. The van der Waals surface area contributed by atoms with Crippen molar-refractivity contribution in [3.63, 3.8) is 0 Å². The van der Waals surface area contributed by atoms with Crippen LogP contribution in [0.15, 0.2) is 30.3 Å². The number of amides is 2. The molecule has 0 saturated heterocycles. The summed E-state index contributed by atoms with van der Waals surface area (Å²) in [5.74, 6) is -0.777. The molecule has 0 bridgehead atoms. The number of nitro groups is 1. The maximum atomic E-state index is 12.8. The predicted molar refractivity (Wildman–Crippen MR) is 119 cm³/mol. The fourth-order valence-electron chi connectivity index (χ4n) is 3.24. The third-order valence-electron chi connectivity index (χ3n) is 4.86. The maximum Gasteiger partial charge on any atom is 0.312 e. The molecule has 0 atom stereocenters. The van der Waals surface area contributed by atoms with E-state index in [9.17, 15) is 19.7 Å². The smallest absolute Gasteiger partial charge is 0.312 e. The number of thiophene rings is 1. The molecule has 0 fully saturated rings. The van der Waals surface area contributed by atoms with Gasteiger partial charge in [-0.1, -0.05) is 26.0 Å². The second-order valence-electron chi connectivity index (χ2n) is 7.50. The van der Waals surface area contributed by atoms with E-state index in [0.717, 1.165) is 10.4 Å². The maximum absolute atomic E-state index is 12.8. The van der Waals surface area contributed by atoms with E-state index in [4.69, 9.17) is 5.73 Å². The Labute approximate surface area is 183 Å². The molecule has 0 unspecified atom stereocenters. The van der Waals surface area contributed by atoms with Crippen LogP contribution in [0.2, 0.25) is 0 Å². The average molecular weight is 442 g/mol. The molecule has 162 valence electrons. The molecule has 2 amide bonds. The Hall–Kier alpha value is -3.53. The molecule has 0 aliphatic carbocycles. The van der Waals surface area contributed by atoms with Gasteiger partial charge < -0.3 is 11.1 Å². The Morgan fingerprint density at radius 1 is 1.29 bits per heavy atom. The number of benzene rings is 1. The lowest BCUT2D eigenvalue weighted by Crippen LogP contribution is -2.16. The first-order valence-electron chi connectivity index (χ1n) is 9.60. The van der Waals surface area contributed by atoms with Gasteiger partial charge in [0.25, 0.3) is 11.8 Å². The average Bonchev–Trinajstić information content (AvgIpc) is 3.23. The van der Waals surface area contributed by atoms with E-state index in [1.807, 2.05) is 19.9 Å². The Morgan fingerprint density at radius 2 is 2.00 bits per heavy atom. The molecule has 9 nitrogen and oxygen atoms in total. The predicted octanol–water partition coefficient (Wildman–Crippen LogP) is 3.99. The molecule has 1 aromatic carbocycles. The van der Waals surface area contributed by atoms with Gasteiger partial charge >= 0.3 is 5.69 Å². The highest BCUT2D eigenvalue weighted by atomic mass is 32.1. The summed E-state index contributed by atoms with van der Waals surface area (Å²) in [5.41, 5.74) is 7.68. The Kier molecular flexibility index (Phi) is 6.21. The number of nitrogens with zero attached hydrogens (tertiary/aromatic N) is 3. The zero-order chi connectivity index (χ0) is 22.9. The molecule has 2 aromatic heterocycles. The third-order valence-corrected chi connectivity index (χ3v) is 6.21. The second kappa shape index (κ2) is 8.68. The lowest BCUT2D eigenvalue weighted by atomic mass is 10.1. The summed E-state index contributed by atoms with van der Waals surface area (Å²) in [6, 6.07) is 8.60. The van der Waals surface area contributed by atoms with Gasteiger partial charge in [-0.3, -0.25) is 24.4 Å². The minimum absolute atomic E-state index is 0.00784. The van der Waals surface area contributed by atoms with Gasteiger partial charge in [0, 0.05) is 10.4 Å². The van der Waals surface area contributed by atoms with E-state index in [0.29, 0.717) is 22.0 Å². The first-order valence-corrected chi connectivity index (χ1v) is 10.4. The molecule has 0 radical (unpaired) electrons. The Morgan fingerprint density at radius 3 is 2.58 bits per heavy atom. The third kappa shape index (κ3) is 4.64. The van der Waals surface area contributed by atoms with Gasteiger partial charge in [-0.2, -0.15) is 5.10 Å². The molecule has 10 heteroatoms. The number of nitrogens with one attached hydrogen (secondary N) is 1. The first-order chi connectivity index (χ1) is 14.6. The number of carbonyl (C=O) groups excluding carboxylic acids is 2. The summed E-state index contributed by atoms with van der Waals surface area (Å²) in [5, 5.41) is 18.7. The number of primary amides is 1. The number of aromatic nitrogens is 2. The van der Waals surface area contributed by atoms with Crippen LogP contribution >= 0.6 is 11.3 Å². The van der Waals surface area contributed by atoms with E-state index in [1.54, 1.807) is 42.8 Å². The summed E-state index contributed by atoms with van der Waals surface area (Å²) >= 11 is 1.32. The lowest BCUT2D eigenvalue weighted by molar-refractivity contribution is -0.386. The van der Waals surface area contributed by atoms with Crippen molar-refractivity contribution in [3.8, 4) is 0 Å². The summed E-state index contributed by atoms with van der Waals surface area (Å²) < 4.78 is 1.55. The first kappa shape index (κ1) is 22.2. The van der Waals surface area contributed by atoms with Crippen LogP contribution in [0.5, 0.6) is 0 Å². The number of rotatable bonds is 7. The van der Waals surface area contributed by atoms with Crippen molar-refractivity contribution in [3.05, 3.63) is 73.4 Å². The van der Waals surface area contributed by atoms with E-state index >= 15 is 0 Å².